The molecule has 25 heavy (non-hydrogen) atoms. The predicted molar refractivity (Wildman–Crippen MR) is 105 cm³/mol. The van der Waals surface area contributed by atoms with Crippen LogP contribution in [0, 0.1) is 12.5 Å². The molecule has 0 spiro atoms. The Balaban J connectivity index is 5.04. The molecule has 2 unspecified atom stereocenters. The highest BCUT2D eigenvalue weighted by Crippen LogP contribution is 2.38. The minimum absolute atomic E-state index is 0.0188. The largest absolute Gasteiger partial charge is 0.406 e. The number of nitrogens with zero attached hydrogens (tertiary/aromatic N) is 1. The van der Waals surface area contributed by atoms with Crippen LogP contribution in [0.3, 0.4) is 0 Å². The van der Waals surface area contributed by atoms with Gasteiger partial charge in [-0.05, 0) is 30.6 Å². The van der Waals surface area contributed by atoms with Crippen LogP contribution in [0.4, 0.5) is 0 Å². The van der Waals surface area contributed by atoms with Gasteiger partial charge in [-0.1, -0.05) is 40.7 Å². The summed E-state index contributed by atoms with van der Waals surface area (Å²) in [5.41, 5.74) is 0. The molecule has 0 aliphatic heterocycles. The van der Waals surface area contributed by atoms with E-state index in [-0.39, 0.29) is 29.3 Å². The zero-order chi connectivity index (χ0) is 19.7. The van der Waals surface area contributed by atoms with Gasteiger partial charge in [-0.25, -0.2) is 6.57 Å². The lowest BCUT2D eigenvalue weighted by molar-refractivity contribution is -0.123. The molecule has 1 amide bonds. The molecule has 6 heteroatoms. The van der Waals surface area contributed by atoms with Crippen LogP contribution in [0.15, 0.2) is 12.2 Å². The third-order valence-electron chi connectivity index (χ3n) is 4.70. The van der Waals surface area contributed by atoms with Crippen molar-refractivity contribution >= 4 is 20.5 Å². The molecular weight excluding hydrogens is 332 g/mol. The van der Waals surface area contributed by atoms with Crippen molar-refractivity contribution in [2.75, 3.05) is 6.54 Å². The molecule has 1 N–H and O–H groups in total. The molecule has 0 aromatic heterocycles. The fraction of sp³-hybridized carbons (Fsp3) is 0.737. The van der Waals surface area contributed by atoms with Crippen molar-refractivity contribution in [2.24, 2.45) is 5.92 Å². The molecule has 0 aliphatic carbocycles. The van der Waals surface area contributed by atoms with Crippen molar-refractivity contribution in [1.29, 1.82) is 0 Å². The van der Waals surface area contributed by atoms with E-state index < -0.39 is 14.4 Å². The number of rotatable bonds is 10. The van der Waals surface area contributed by atoms with Crippen molar-refractivity contribution in [1.82, 2.24) is 5.32 Å². The highest BCUT2D eigenvalue weighted by atomic mass is 28.4. The summed E-state index contributed by atoms with van der Waals surface area (Å²) in [6.45, 7) is 22.7. The number of hydrogen-bond acceptors (Lipinski definition) is 3. The van der Waals surface area contributed by atoms with E-state index >= 15 is 0 Å². The highest BCUT2D eigenvalue weighted by molar-refractivity contribution is 6.74. The maximum atomic E-state index is 12.3. The molecule has 0 aromatic carbocycles. The lowest BCUT2D eigenvalue weighted by Crippen LogP contribution is -2.48. The Morgan fingerprint density at radius 2 is 1.92 bits per heavy atom. The third-order valence-corrected chi connectivity index (χ3v) is 9.20. The average Bonchev–Trinajstić information content (AvgIpc) is 2.45. The van der Waals surface area contributed by atoms with Crippen LogP contribution >= 0.6 is 0 Å². The smallest absolute Gasteiger partial charge is 0.250 e. The maximum Gasteiger partial charge on any atom is 0.250 e. The van der Waals surface area contributed by atoms with Crippen LogP contribution in [0.5, 0.6) is 0 Å². The van der Waals surface area contributed by atoms with Crippen LogP contribution in [0.2, 0.25) is 18.1 Å². The summed E-state index contributed by atoms with van der Waals surface area (Å²) in [5.74, 6) is 0.00750. The van der Waals surface area contributed by atoms with E-state index in [1.807, 2.05) is 13.8 Å². The molecule has 0 radical (unpaired) electrons. The summed E-state index contributed by atoms with van der Waals surface area (Å²) >= 11 is 0. The Morgan fingerprint density at radius 3 is 2.36 bits per heavy atom. The summed E-state index contributed by atoms with van der Waals surface area (Å²) in [6, 6.07) is -0.338. The van der Waals surface area contributed by atoms with Crippen LogP contribution in [-0.4, -0.2) is 39.2 Å². The summed E-state index contributed by atoms with van der Waals surface area (Å²) in [5, 5.41) is 2.86. The lowest BCUT2D eigenvalue weighted by atomic mass is 9.97. The third kappa shape index (κ3) is 8.46. The Morgan fingerprint density at radius 1 is 1.32 bits per heavy atom. The molecule has 0 saturated heterocycles. The molecule has 0 saturated carbocycles. The Bertz CT molecular complexity index is 502. The second-order valence-electron chi connectivity index (χ2n) is 8.19. The molecule has 0 rings (SSSR count). The SMILES string of the molecule is [C-]#[N+]C(C(C)C)C(CC(=O)NCC/C=C/C=O)O[Si](C)(C)C(C)(C)C. The minimum Gasteiger partial charge on any atom is -0.406 e. The number of nitrogens with one attached hydrogen (secondary N) is 1. The predicted octanol–water partition coefficient (Wildman–Crippen LogP) is 3.97. The molecule has 142 valence electrons. The van der Waals surface area contributed by atoms with Crippen molar-refractivity contribution in [3.63, 3.8) is 0 Å². The van der Waals surface area contributed by atoms with Gasteiger partial charge in [-0.15, -0.1) is 0 Å². The van der Waals surface area contributed by atoms with E-state index in [0.29, 0.717) is 19.3 Å². The van der Waals surface area contributed by atoms with E-state index in [2.05, 4.69) is 44.0 Å². The van der Waals surface area contributed by atoms with E-state index in [0.717, 1.165) is 0 Å². The molecule has 0 bridgehead atoms. The molecule has 0 heterocycles. The maximum absolute atomic E-state index is 12.3. The summed E-state index contributed by atoms with van der Waals surface area (Å²) in [6.07, 6.45) is 4.25. The molecule has 0 aromatic rings. The number of aldehydes is 1. The van der Waals surface area contributed by atoms with Crippen LogP contribution in [0.25, 0.3) is 4.85 Å². The Hall–Kier alpha value is -1.45. The van der Waals surface area contributed by atoms with Crippen molar-refractivity contribution in [3.05, 3.63) is 23.6 Å². The van der Waals surface area contributed by atoms with Gasteiger partial charge in [-0.2, -0.15) is 0 Å². The summed E-state index contributed by atoms with van der Waals surface area (Å²) in [7, 11) is -2.08. The zero-order valence-corrected chi connectivity index (χ0v) is 17.8. The first-order chi connectivity index (χ1) is 11.5. The van der Waals surface area contributed by atoms with Crippen LogP contribution in [0.1, 0.15) is 47.5 Å². The molecular formula is C19H34N2O3Si. The van der Waals surface area contributed by atoms with Gasteiger partial charge in [0, 0.05) is 12.5 Å². The number of amides is 1. The van der Waals surface area contributed by atoms with Crippen molar-refractivity contribution in [2.45, 2.75) is 77.7 Å². The van der Waals surface area contributed by atoms with Gasteiger partial charge in [-0.3, -0.25) is 9.59 Å². The van der Waals surface area contributed by atoms with Gasteiger partial charge in [0.25, 0.3) is 6.04 Å². The van der Waals surface area contributed by atoms with Gasteiger partial charge in [0.2, 0.25) is 5.91 Å². The van der Waals surface area contributed by atoms with E-state index in [4.69, 9.17) is 11.0 Å². The van der Waals surface area contributed by atoms with E-state index in [1.165, 1.54) is 6.08 Å². The topological polar surface area (TPSA) is 59.8 Å². The summed E-state index contributed by atoms with van der Waals surface area (Å²) in [4.78, 5) is 26.3. The molecule has 0 aliphatic rings. The van der Waals surface area contributed by atoms with Gasteiger partial charge in [0.1, 0.15) is 12.4 Å². The zero-order valence-electron chi connectivity index (χ0n) is 16.8. The number of carbonyl (C=O) groups excluding carboxylic acids is 2. The van der Waals surface area contributed by atoms with E-state index in [1.54, 1.807) is 6.08 Å². The van der Waals surface area contributed by atoms with Gasteiger partial charge >= 0.3 is 0 Å². The first-order valence-electron chi connectivity index (χ1n) is 8.87. The quantitative estimate of drug-likeness (QED) is 0.209. The van der Waals surface area contributed by atoms with Crippen LogP contribution < -0.4 is 5.32 Å². The second kappa shape index (κ2) is 10.5. The fourth-order valence-corrected chi connectivity index (χ4v) is 3.48. The highest BCUT2D eigenvalue weighted by Gasteiger charge is 2.43. The minimum atomic E-state index is -2.08. The fourth-order valence-electron chi connectivity index (χ4n) is 2.15. The first-order valence-corrected chi connectivity index (χ1v) is 11.8. The number of hydrogen-bond donors (Lipinski definition) is 1. The Labute approximate surface area is 154 Å². The number of allylic oxidation sites excluding steroid dienone is 1. The lowest BCUT2D eigenvalue weighted by Gasteiger charge is -2.39. The molecule has 5 nitrogen and oxygen atoms in total. The standard InChI is InChI=1S/C19H34N2O3Si/c1-15(2)18(20-6)16(24-25(7,8)19(3,4)5)14-17(23)21-12-10-9-11-13-22/h9,11,13,15-16,18H,10,12,14H2,1-5,7-8H3,(H,21,23)/b11-9+. The first kappa shape index (κ1) is 23.5. The normalized spacial score (nSPS) is 15.0. The van der Waals surface area contributed by atoms with Gasteiger partial charge < -0.3 is 14.6 Å². The second-order valence-corrected chi connectivity index (χ2v) is 12.9. The number of carbonyl (C=O) groups is 2. The molecule has 0 fully saturated rings. The van der Waals surface area contributed by atoms with E-state index in [9.17, 15) is 9.59 Å². The van der Waals surface area contributed by atoms with Crippen molar-refractivity contribution in [3.8, 4) is 0 Å². The van der Waals surface area contributed by atoms with Gasteiger partial charge in [0.05, 0.1) is 6.42 Å². The monoisotopic (exact) mass is 366 g/mol. The Kier molecular flexibility index (Phi) is 9.91. The average molecular weight is 367 g/mol. The van der Waals surface area contributed by atoms with Crippen molar-refractivity contribution < 1.29 is 14.0 Å². The van der Waals surface area contributed by atoms with Gasteiger partial charge in [0.15, 0.2) is 8.32 Å². The summed E-state index contributed by atoms with van der Waals surface area (Å²) < 4.78 is 6.44. The van der Waals surface area contributed by atoms with Crippen LogP contribution in [-0.2, 0) is 14.0 Å². The molecule has 2 atom stereocenters.